The lowest BCUT2D eigenvalue weighted by atomic mass is 9.92. The molecule has 37 heavy (non-hydrogen) atoms. The Labute approximate surface area is 229 Å². The first-order valence-corrected chi connectivity index (χ1v) is 14.3. The Balaban J connectivity index is 1.66. The van der Waals surface area contributed by atoms with E-state index in [1.165, 1.54) is 87.7 Å². The summed E-state index contributed by atoms with van der Waals surface area (Å²) in [7, 11) is 0. The Hall–Kier alpha value is -2.77. The smallest absolute Gasteiger partial charge is 0.0128 e. The highest BCUT2D eigenvalue weighted by molar-refractivity contribution is 7.99. The molecule has 0 heterocycles. The van der Waals surface area contributed by atoms with Crippen LogP contribution in [-0.2, 0) is 12.8 Å². The number of benzene rings is 4. The van der Waals surface area contributed by atoms with E-state index in [0.29, 0.717) is 0 Å². The van der Waals surface area contributed by atoms with E-state index in [4.69, 9.17) is 0 Å². The highest BCUT2D eigenvalue weighted by Crippen LogP contribution is 2.35. The highest BCUT2D eigenvalue weighted by Gasteiger charge is 2.13. The summed E-state index contributed by atoms with van der Waals surface area (Å²) in [6.45, 7) is 22.4. The van der Waals surface area contributed by atoms with E-state index >= 15 is 0 Å². The molecule has 4 rings (SSSR count). The van der Waals surface area contributed by atoms with Crippen LogP contribution in [0.5, 0.6) is 0 Å². The van der Waals surface area contributed by atoms with Gasteiger partial charge < -0.3 is 0 Å². The van der Waals surface area contributed by atoms with Gasteiger partial charge in [0.15, 0.2) is 0 Å². The fraction of sp³-hybridized carbons (Fsp3) is 0.333. The molecule has 0 amide bonds. The molecule has 1 heteroatoms. The summed E-state index contributed by atoms with van der Waals surface area (Å²) in [6.07, 6.45) is 1.97. The standard InChI is InChI=1S/C36H42S/c1-21-11-27(7)31(13-23(21)3)17-33-19-35(15-25(5)29(33)9)37-36-16-26(6)30(10)34(20-36)18-32-14-24(4)22(2)12-28(32)8/h11-16,19-20H,17-18H2,1-10H3. The van der Waals surface area contributed by atoms with Crippen LogP contribution in [-0.4, -0.2) is 0 Å². The molecule has 0 aliphatic heterocycles. The Morgan fingerprint density at radius 1 is 0.351 bits per heavy atom. The zero-order valence-corrected chi connectivity index (χ0v) is 25.3. The van der Waals surface area contributed by atoms with Gasteiger partial charge in [-0.3, -0.25) is 0 Å². The van der Waals surface area contributed by atoms with E-state index in [1.807, 2.05) is 11.8 Å². The highest BCUT2D eigenvalue weighted by atomic mass is 32.2. The van der Waals surface area contributed by atoms with Crippen LogP contribution in [0.15, 0.2) is 58.3 Å². The van der Waals surface area contributed by atoms with Crippen LogP contribution >= 0.6 is 11.8 Å². The third-order valence-corrected chi connectivity index (χ3v) is 9.34. The molecule has 0 aliphatic rings. The minimum Gasteiger partial charge on any atom is -0.0901 e. The summed E-state index contributed by atoms with van der Waals surface area (Å²) in [5.74, 6) is 0. The van der Waals surface area contributed by atoms with Gasteiger partial charge in [0.2, 0.25) is 0 Å². The summed E-state index contributed by atoms with van der Waals surface area (Å²) in [5, 5.41) is 0. The van der Waals surface area contributed by atoms with Gasteiger partial charge in [0.05, 0.1) is 0 Å². The van der Waals surface area contributed by atoms with Crippen molar-refractivity contribution in [2.75, 3.05) is 0 Å². The SMILES string of the molecule is Cc1cc(C)c(Cc2cc(Sc3cc(C)c(C)c(Cc4cc(C)c(C)cc4C)c3)cc(C)c2C)cc1C. The van der Waals surface area contributed by atoms with Crippen LogP contribution in [0.1, 0.15) is 77.9 Å². The maximum absolute atomic E-state index is 2.42. The molecule has 0 bridgehead atoms. The summed E-state index contributed by atoms with van der Waals surface area (Å²) in [6, 6.07) is 19.0. The van der Waals surface area contributed by atoms with Crippen LogP contribution in [0.2, 0.25) is 0 Å². The van der Waals surface area contributed by atoms with Crippen molar-refractivity contribution in [3.63, 3.8) is 0 Å². The van der Waals surface area contributed by atoms with Crippen molar-refractivity contribution in [3.05, 3.63) is 126 Å². The zero-order valence-electron chi connectivity index (χ0n) is 24.4. The largest absolute Gasteiger partial charge is 0.0901 e. The first-order chi connectivity index (χ1) is 17.4. The van der Waals surface area contributed by atoms with Crippen LogP contribution in [0, 0.1) is 69.2 Å². The monoisotopic (exact) mass is 506 g/mol. The van der Waals surface area contributed by atoms with Crippen molar-refractivity contribution in [1.29, 1.82) is 0 Å². The predicted octanol–water partition coefficient (Wildman–Crippen LogP) is 10.1. The van der Waals surface area contributed by atoms with E-state index in [0.717, 1.165) is 12.8 Å². The Morgan fingerprint density at radius 2 is 0.703 bits per heavy atom. The van der Waals surface area contributed by atoms with Crippen molar-refractivity contribution in [2.45, 2.75) is 91.9 Å². The number of hydrogen-bond donors (Lipinski definition) is 0. The van der Waals surface area contributed by atoms with Gasteiger partial charge in [-0.15, -0.1) is 0 Å². The molecule has 0 aliphatic carbocycles. The number of rotatable bonds is 6. The molecule has 0 atom stereocenters. The fourth-order valence-corrected chi connectivity index (χ4v) is 6.39. The van der Waals surface area contributed by atoms with E-state index in [2.05, 4.69) is 118 Å². The summed E-state index contributed by atoms with van der Waals surface area (Å²) < 4.78 is 0. The average molecular weight is 507 g/mol. The van der Waals surface area contributed by atoms with Crippen molar-refractivity contribution in [3.8, 4) is 0 Å². The topological polar surface area (TPSA) is 0 Å². The maximum atomic E-state index is 2.42. The minimum absolute atomic E-state index is 0.984. The molecule has 0 aromatic heterocycles. The van der Waals surface area contributed by atoms with Crippen molar-refractivity contribution in [1.82, 2.24) is 0 Å². The molecule has 192 valence electrons. The van der Waals surface area contributed by atoms with Crippen LogP contribution in [0.25, 0.3) is 0 Å². The number of hydrogen-bond acceptors (Lipinski definition) is 1. The lowest BCUT2D eigenvalue weighted by molar-refractivity contribution is 1.07. The quantitative estimate of drug-likeness (QED) is 0.251. The molecule has 0 radical (unpaired) electrons. The molecule has 4 aromatic carbocycles. The molecule has 0 saturated heterocycles. The predicted molar refractivity (Wildman–Crippen MR) is 163 cm³/mol. The summed E-state index contributed by atoms with van der Waals surface area (Å²) in [5.41, 5.74) is 19.6. The maximum Gasteiger partial charge on any atom is 0.0128 e. The molecule has 0 nitrogen and oxygen atoms in total. The van der Waals surface area contributed by atoms with Crippen molar-refractivity contribution < 1.29 is 0 Å². The van der Waals surface area contributed by atoms with Gasteiger partial charge in [-0.1, -0.05) is 36.0 Å². The van der Waals surface area contributed by atoms with Gasteiger partial charge in [-0.25, -0.2) is 0 Å². The lowest BCUT2D eigenvalue weighted by Crippen LogP contribution is -2.00. The van der Waals surface area contributed by atoms with E-state index in [9.17, 15) is 0 Å². The normalized spacial score (nSPS) is 11.3. The van der Waals surface area contributed by atoms with Gasteiger partial charge in [0.1, 0.15) is 0 Å². The molecule has 0 spiro atoms. The Morgan fingerprint density at radius 3 is 1.08 bits per heavy atom. The average Bonchev–Trinajstić information content (AvgIpc) is 2.82. The second-order valence-corrected chi connectivity index (χ2v) is 12.4. The van der Waals surface area contributed by atoms with Gasteiger partial charge in [-0.2, -0.15) is 0 Å². The van der Waals surface area contributed by atoms with Crippen LogP contribution in [0.4, 0.5) is 0 Å². The summed E-state index contributed by atoms with van der Waals surface area (Å²) in [4.78, 5) is 2.66. The molecular weight excluding hydrogens is 464 g/mol. The third-order valence-electron chi connectivity index (χ3n) is 8.40. The van der Waals surface area contributed by atoms with Gasteiger partial charge in [0, 0.05) is 9.79 Å². The van der Waals surface area contributed by atoms with Gasteiger partial charge in [0.25, 0.3) is 0 Å². The third kappa shape index (κ3) is 6.04. The van der Waals surface area contributed by atoms with Gasteiger partial charge in [-0.05, 0) is 184 Å². The van der Waals surface area contributed by atoms with Gasteiger partial charge >= 0.3 is 0 Å². The fourth-order valence-electron chi connectivity index (χ4n) is 5.25. The van der Waals surface area contributed by atoms with E-state index in [1.54, 1.807) is 0 Å². The molecule has 4 aromatic rings. The van der Waals surface area contributed by atoms with Crippen LogP contribution in [0.3, 0.4) is 0 Å². The Bertz CT molecular complexity index is 1370. The molecular formula is C36H42S. The first kappa shape index (κ1) is 27.3. The lowest BCUT2D eigenvalue weighted by Gasteiger charge is -2.17. The number of aryl methyl sites for hydroxylation is 8. The minimum atomic E-state index is 0.984. The zero-order chi connectivity index (χ0) is 27.0. The Kier molecular flexibility index (Phi) is 8.05. The second-order valence-electron chi connectivity index (χ2n) is 11.2. The van der Waals surface area contributed by atoms with Crippen molar-refractivity contribution in [2.24, 2.45) is 0 Å². The first-order valence-electron chi connectivity index (χ1n) is 13.4. The molecule has 0 fully saturated rings. The van der Waals surface area contributed by atoms with E-state index in [-0.39, 0.29) is 0 Å². The van der Waals surface area contributed by atoms with E-state index < -0.39 is 0 Å². The van der Waals surface area contributed by atoms with Crippen molar-refractivity contribution >= 4 is 11.8 Å². The molecule has 0 saturated carbocycles. The molecule has 0 unspecified atom stereocenters. The van der Waals surface area contributed by atoms with Crippen LogP contribution < -0.4 is 0 Å². The summed E-state index contributed by atoms with van der Waals surface area (Å²) >= 11 is 1.90. The molecule has 0 N–H and O–H groups in total. The second kappa shape index (κ2) is 10.9.